The Morgan fingerprint density at radius 2 is 0.582 bits per heavy atom. The van der Waals surface area contributed by atoms with E-state index >= 15 is 0 Å². The van der Waals surface area contributed by atoms with Gasteiger partial charge in [0.15, 0.2) is 0 Å². The predicted octanol–water partition coefficient (Wildman–Crippen LogP) is 22.8. The van der Waals surface area contributed by atoms with Crippen LogP contribution in [0.5, 0.6) is 0 Å². The summed E-state index contributed by atoms with van der Waals surface area (Å²) in [6.45, 7) is 9.17. The Labute approximate surface area is 424 Å². The molecule has 1 aliphatic heterocycles. The first-order valence-corrected chi connectivity index (χ1v) is 31.1. The van der Waals surface area contributed by atoms with Gasteiger partial charge in [0.05, 0.1) is 0 Å². The molecular weight excluding hydrogens is 855 g/mol. The van der Waals surface area contributed by atoms with Crippen molar-refractivity contribution in [3.8, 4) is 0 Å². The van der Waals surface area contributed by atoms with Crippen LogP contribution in [0.15, 0.2) is 60.7 Å². The summed E-state index contributed by atoms with van der Waals surface area (Å²) >= 11 is 2.03. The number of allylic oxidation sites excluding steroid dienone is 2. The number of rotatable bonds is 46. The molecule has 2 nitrogen and oxygen atoms in total. The molecule has 0 unspecified atom stereocenters. The van der Waals surface area contributed by atoms with E-state index in [4.69, 9.17) is 0 Å². The molecule has 0 aliphatic carbocycles. The number of hydrogen-bond donors (Lipinski definition) is 0. The quantitative estimate of drug-likeness (QED) is 0.0359. The molecule has 0 fully saturated rings. The standard InChI is InChI=1S/C40H60N2.2C12H25.Ni/c1-3-5-7-9-11-13-15-17-19-21-25-35-27-23-29-37(33-35)39-31-32-40(42(39)41)38-30-24-28-36(34-38)26-22-20-18-16-14-12-10-8-6-4-2;2*1-3-5-7-9-11-12-10-8-6-4-2;/h23-24,27-34H,3-22,25-26H2,1-2H3;2*1,3-12H2,2H3;. The van der Waals surface area contributed by atoms with E-state index in [-0.39, 0.29) is 0 Å². The molecule has 0 amide bonds. The van der Waals surface area contributed by atoms with Gasteiger partial charge >= 0.3 is 167 Å². The molecule has 3 heteroatoms. The van der Waals surface area contributed by atoms with E-state index in [1.165, 1.54) is 283 Å². The van der Waals surface area contributed by atoms with Crippen molar-refractivity contribution in [2.45, 2.75) is 308 Å². The number of aryl methyl sites for hydroxylation is 2. The van der Waals surface area contributed by atoms with E-state index in [0.717, 1.165) is 35.4 Å². The molecule has 2 aromatic rings. The fourth-order valence-electron chi connectivity index (χ4n) is 9.64. The fraction of sp³-hybridized carbons (Fsp3) is 0.750. The molecule has 386 valence electrons. The average Bonchev–Trinajstić information content (AvgIpc) is 3.74. The van der Waals surface area contributed by atoms with Crippen LogP contribution in [0.3, 0.4) is 0 Å². The van der Waals surface area contributed by atoms with Crippen molar-refractivity contribution in [2.24, 2.45) is 0 Å². The van der Waals surface area contributed by atoms with Crippen LogP contribution >= 0.6 is 0 Å². The Morgan fingerprint density at radius 3 is 0.866 bits per heavy atom. The molecule has 0 saturated heterocycles. The Balaban J connectivity index is 0.000000528. The van der Waals surface area contributed by atoms with Gasteiger partial charge in [-0.25, -0.2) is 4.70 Å². The molecule has 0 bridgehead atoms. The molecule has 0 saturated carbocycles. The normalized spacial score (nSPS) is 12.4. The molecule has 67 heavy (non-hydrogen) atoms. The molecule has 0 radical (unpaired) electrons. The Hall–Kier alpha value is -1.99. The number of benzene rings is 2. The number of nitrogens with zero attached hydrogens (tertiary/aromatic N) is 2. The van der Waals surface area contributed by atoms with Crippen LogP contribution in [0.1, 0.15) is 307 Å². The van der Waals surface area contributed by atoms with Crippen LogP contribution in [0.4, 0.5) is 0 Å². The van der Waals surface area contributed by atoms with E-state index in [1.807, 2.05) is 14.4 Å². The maximum absolute atomic E-state index is 11.2. The van der Waals surface area contributed by atoms with Crippen molar-refractivity contribution in [1.29, 1.82) is 0 Å². The summed E-state index contributed by atoms with van der Waals surface area (Å²) in [7, 11) is 0. The van der Waals surface area contributed by atoms with Crippen molar-refractivity contribution in [3.05, 3.63) is 88.5 Å². The average molecular weight is 966 g/mol. The van der Waals surface area contributed by atoms with Gasteiger partial charge in [-0.3, -0.25) is 0 Å². The second kappa shape index (κ2) is 46.4. The fourth-order valence-corrected chi connectivity index (χ4v) is 10.9. The van der Waals surface area contributed by atoms with Gasteiger partial charge in [-0.15, -0.1) is 0 Å². The van der Waals surface area contributed by atoms with Crippen LogP contribution in [0.2, 0.25) is 10.8 Å². The van der Waals surface area contributed by atoms with Crippen LogP contribution in [0.25, 0.3) is 16.9 Å². The van der Waals surface area contributed by atoms with E-state index in [2.05, 4.69) is 88.4 Å². The van der Waals surface area contributed by atoms with Crippen molar-refractivity contribution < 1.29 is 19.1 Å². The minimum absolute atomic E-state index is 0.870. The Bertz CT molecular complexity index is 1360. The van der Waals surface area contributed by atoms with Gasteiger partial charge < -0.3 is 5.53 Å². The minimum atomic E-state index is 0.870. The van der Waals surface area contributed by atoms with Gasteiger partial charge in [-0.2, -0.15) is 0 Å². The van der Waals surface area contributed by atoms with Gasteiger partial charge in [0, 0.05) is 23.3 Å². The van der Waals surface area contributed by atoms with Gasteiger partial charge in [-0.1, -0.05) is 154 Å². The second-order valence-corrected chi connectivity index (χ2v) is 22.0. The molecular formula is C64H110N2Ni. The third kappa shape index (κ3) is 34.1. The van der Waals surface area contributed by atoms with Crippen LogP contribution in [0, 0.1) is 0 Å². The maximum atomic E-state index is 11.2. The molecule has 0 spiro atoms. The number of unbranched alkanes of at least 4 members (excludes halogenated alkanes) is 36. The zero-order valence-electron chi connectivity index (χ0n) is 45.1. The van der Waals surface area contributed by atoms with E-state index in [0.29, 0.717) is 0 Å². The van der Waals surface area contributed by atoms with E-state index in [1.54, 1.807) is 0 Å². The number of hydrogen-bond acceptors (Lipinski definition) is 0. The molecule has 2 aromatic carbocycles. The summed E-state index contributed by atoms with van der Waals surface area (Å²) in [6.07, 6.45) is 62.9. The van der Waals surface area contributed by atoms with Crippen LogP contribution in [-0.4, -0.2) is 4.70 Å². The van der Waals surface area contributed by atoms with E-state index in [9.17, 15) is 5.53 Å². The van der Waals surface area contributed by atoms with Gasteiger partial charge in [0.1, 0.15) is 0 Å². The predicted molar refractivity (Wildman–Crippen MR) is 297 cm³/mol. The van der Waals surface area contributed by atoms with Gasteiger partial charge in [0.2, 0.25) is 11.4 Å². The second-order valence-electron chi connectivity index (χ2n) is 20.5. The first kappa shape index (κ1) is 61.1. The van der Waals surface area contributed by atoms with Gasteiger partial charge in [-0.05, 0) is 61.1 Å². The van der Waals surface area contributed by atoms with Crippen LogP contribution in [-0.2, 0) is 27.3 Å². The summed E-state index contributed by atoms with van der Waals surface area (Å²) < 4.78 is 1.39. The zero-order chi connectivity index (χ0) is 47.9. The molecule has 1 heterocycles. The molecule has 1 aliphatic rings. The Kier molecular flexibility index (Phi) is 42.3. The third-order valence-corrected chi connectivity index (χ3v) is 15.5. The summed E-state index contributed by atoms with van der Waals surface area (Å²) in [6, 6.07) is 17.5. The SMILES string of the molecule is CCCCCCCCCCCCc1cccc(C2=CC=C(c3cccc(CCCCCCCCCCCC)c3)[N+]2=[N-])c1.CCCCCCCCCCC[CH2][Ni][CH2]CCCCCCCCCCC. The van der Waals surface area contributed by atoms with Crippen molar-refractivity contribution >= 4 is 11.4 Å². The topological polar surface area (TPSA) is 25.3 Å². The zero-order valence-corrected chi connectivity index (χ0v) is 46.1. The monoisotopic (exact) mass is 965 g/mol. The van der Waals surface area contributed by atoms with Crippen molar-refractivity contribution in [2.75, 3.05) is 0 Å². The van der Waals surface area contributed by atoms with Gasteiger partial charge in [0.25, 0.3) is 0 Å². The van der Waals surface area contributed by atoms with Crippen molar-refractivity contribution in [3.63, 3.8) is 0 Å². The molecule has 0 N–H and O–H groups in total. The first-order valence-electron chi connectivity index (χ1n) is 29.7. The molecule has 0 aromatic heterocycles. The third-order valence-electron chi connectivity index (χ3n) is 14.1. The summed E-state index contributed by atoms with van der Waals surface area (Å²) in [5, 5.41) is 2.86. The Morgan fingerprint density at radius 1 is 0.328 bits per heavy atom. The molecule has 0 atom stereocenters. The molecule has 3 rings (SSSR count). The van der Waals surface area contributed by atoms with Crippen LogP contribution < -0.4 is 0 Å². The summed E-state index contributed by atoms with van der Waals surface area (Å²) in [5.41, 5.74) is 17.8. The summed E-state index contributed by atoms with van der Waals surface area (Å²) in [5.74, 6) is 0. The van der Waals surface area contributed by atoms with E-state index < -0.39 is 0 Å². The summed E-state index contributed by atoms with van der Waals surface area (Å²) in [4.78, 5) is 0. The van der Waals surface area contributed by atoms with Crippen molar-refractivity contribution in [1.82, 2.24) is 0 Å². The first-order chi connectivity index (χ1) is 33.1.